The van der Waals surface area contributed by atoms with Crippen molar-refractivity contribution < 1.29 is 5.11 Å². The highest BCUT2D eigenvalue weighted by atomic mass is 16.3. The molecule has 0 aromatic rings. The maximum absolute atomic E-state index is 9.86. The van der Waals surface area contributed by atoms with E-state index in [1.165, 1.54) is 51.4 Å². The van der Waals surface area contributed by atoms with Gasteiger partial charge in [0.15, 0.2) is 0 Å². The first-order chi connectivity index (χ1) is 6.84. The zero-order valence-corrected chi connectivity index (χ0v) is 9.47. The van der Waals surface area contributed by atoms with Gasteiger partial charge in [-0.05, 0) is 31.7 Å². The standard InChI is InChI=1S/C12H25NO/c1-2-3-7-10-13-12(14)11-8-5-4-6-9-11/h11-14H,2-10H2,1H3/t12-/m0/s1. The minimum absolute atomic E-state index is 0.243. The van der Waals surface area contributed by atoms with E-state index >= 15 is 0 Å². The quantitative estimate of drug-likeness (QED) is 0.509. The van der Waals surface area contributed by atoms with Gasteiger partial charge in [0.2, 0.25) is 0 Å². The van der Waals surface area contributed by atoms with Crippen LogP contribution in [0.2, 0.25) is 0 Å². The second-order valence-electron chi connectivity index (χ2n) is 4.50. The van der Waals surface area contributed by atoms with Crippen LogP contribution in [0.3, 0.4) is 0 Å². The largest absolute Gasteiger partial charge is 0.378 e. The van der Waals surface area contributed by atoms with Gasteiger partial charge in [-0.3, -0.25) is 5.32 Å². The molecule has 0 spiro atoms. The molecule has 1 saturated carbocycles. The Morgan fingerprint density at radius 3 is 2.57 bits per heavy atom. The van der Waals surface area contributed by atoms with Crippen molar-refractivity contribution >= 4 is 0 Å². The van der Waals surface area contributed by atoms with E-state index in [1.54, 1.807) is 0 Å². The van der Waals surface area contributed by atoms with Gasteiger partial charge in [0.1, 0.15) is 6.23 Å². The van der Waals surface area contributed by atoms with Crippen molar-refractivity contribution in [2.24, 2.45) is 5.92 Å². The average Bonchev–Trinajstić information content (AvgIpc) is 2.25. The third-order valence-electron chi connectivity index (χ3n) is 3.23. The Morgan fingerprint density at radius 2 is 1.93 bits per heavy atom. The third kappa shape index (κ3) is 4.43. The van der Waals surface area contributed by atoms with Gasteiger partial charge < -0.3 is 5.11 Å². The molecule has 1 atom stereocenters. The normalized spacial score (nSPS) is 21.0. The topological polar surface area (TPSA) is 32.3 Å². The second kappa shape index (κ2) is 7.24. The van der Waals surface area contributed by atoms with Crippen molar-refractivity contribution in [3.8, 4) is 0 Å². The summed E-state index contributed by atoms with van der Waals surface area (Å²) in [5.41, 5.74) is 0. The number of aliphatic hydroxyl groups excluding tert-OH is 1. The predicted octanol–water partition coefficient (Wildman–Crippen LogP) is 2.66. The van der Waals surface area contributed by atoms with E-state index in [0.717, 1.165) is 6.54 Å². The molecule has 0 aromatic heterocycles. The SMILES string of the molecule is CCCCCN[C@@H](O)C1CCCCC1. The molecule has 0 radical (unpaired) electrons. The summed E-state index contributed by atoms with van der Waals surface area (Å²) in [5.74, 6) is 0.519. The third-order valence-corrected chi connectivity index (χ3v) is 3.23. The fourth-order valence-electron chi connectivity index (χ4n) is 2.24. The Bertz CT molecular complexity index is 132. The van der Waals surface area contributed by atoms with E-state index in [1.807, 2.05) is 0 Å². The molecule has 1 fully saturated rings. The summed E-state index contributed by atoms with van der Waals surface area (Å²) in [5, 5.41) is 13.1. The van der Waals surface area contributed by atoms with Crippen LogP contribution in [-0.4, -0.2) is 17.9 Å². The van der Waals surface area contributed by atoms with Gasteiger partial charge in [-0.25, -0.2) is 0 Å². The average molecular weight is 199 g/mol. The Kier molecular flexibility index (Phi) is 6.20. The molecule has 1 aliphatic rings. The van der Waals surface area contributed by atoms with E-state index in [4.69, 9.17) is 0 Å². The molecule has 1 rings (SSSR count). The Morgan fingerprint density at radius 1 is 1.21 bits per heavy atom. The van der Waals surface area contributed by atoms with Crippen LogP contribution in [-0.2, 0) is 0 Å². The first-order valence-electron chi connectivity index (χ1n) is 6.26. The van der Waals surface area contributed by atoms with Crippen molar-refractivity contribution in [1.82, 2.24) is 5.32 Å². The molecular weight excluding hydrogens is 174 g/mol. The van der Waals surface area contributed by atoms with Gasteiger partial charge in [0.05, 0.1) is 0 Å². The van der Waals surface area contributed by atoms with Gasteiger partial charge in [-0.15, -0.1) is 0 Å². The summed E-state index contributed by atoms with van der Waals surface area (Å²) < 4.78 is 0. The summed E-state index contributed by atoms with van der Waals surface area (Å²) in [6.45, 7) is 3.18. The van der Waals surface area contributed by atoms with Crippen LogP contribution >= 0.6 is 0 Å². The fraction of sp³-hybridized carbons (Fsp3) is 1.00. The molecule has 2 N–H and O–H groups in total. The van der Waals surface area contributed by atoms with Gasteiger partial charge in [-0.2, -0.15) is 0 Å². The Hall–Kier alpha value is -0.0800. The Balaban J connectivity index is 2.04. The molecule has 0 heterocycles. The van der Waals surface area contributed by atoms with E-state index in [-0.39, 0.29) is 6.23 Å². The van der Waals surface area contributed by atoms with Crippen LogP contribution < -0.4 is 5.32 Å². The minimum atomic E-state index is -0.243. The summed E-state index contributed by atoms with van der Waals surface area (Å²) in [6, 6.07) is 0. The number of hydrogen-bond donors (Lipinski definition) is 2. The lowest BCUT2D eigenvalue weighted by molar-refractivity contribution is 0.0552. The smallest absolute Gasteiger partial charge is 0.107 e. The van der Waals surface area contributed by atoms with E-state index in [9.17, 15) is 5.11 Å². The summed E-state index contributed by atoms with van der Waals surface area (Å²) in [6.07, 6.45) is 9.86. The summed E-state index contributed by atoms with van der Waals surface area (Å²) in [7, 11) is 0. The van der Waals surface area contributed by atoms with Gasteiger partial charge in [-0.1, -0.05) is 39.0 Å². The molecule has 0 amide bonds. The first-order valence-corrected chi connectivity index (χ1v) is 6.26. The molecule has 84 valence electrons. The highest BCUT2D eigenvalue weighted by Gasteiger charge is 2.20. The van der Waals surface area contributed by atoms with Crippen molar-refractivity contribution in [2.45, 2.75) is 64.5 Å². The molecule has 0 bridgehead atoms. The van der Waals surface area contributed by atoms with Crippen molar-refractivity contribution in [3.63, 3.8) is 0 Å². The molecule has 2 heteroatoms. The number of nitrogens with one attached hydrogen (secondary N) is 1. The molecule has 0 aliphatic heterocycles. The summed E-state index contributed by atoms with van der Waals surface area (Å²) >= 11 is 0. The van der Waals surface area contributed by atoms with Crippen molar-refractivity contribution in [2.75, 3.05) is 6.54 Å². The molecule has 0 unspecified atom stereocenters. The van der Waals surface area contributed by atoms with Crippen LogP contribution in [0.1, 0.15) is 58.3 Å². The lowest BCUT2D eigenvalue weighted by Gasteiger charge is -2.27. The zero-order chi connectivity index (χ0) is 10.2. The van der Waals surface area contributed by atoms with Gasteiger partial charge >= 0.3 is 0 Å². The zero-order valence-electron chi connectivity index (χ0n) is 9.47. The molecule has 1 aliphatic carbocycles. The predicted molar refractivity (Wildman–Crippen MR) is 60.1 cm³/mol. The van der Waals surface area contributed by atoms with Crippen LogP contribution in [0.5, 0.6) is 0 Å². The van der Waals surface area contributed by atoms with Crippen molar-refractivity contribution in [3.05, 3.63) is 0 Å². The van der Waals surface area contributed by atoms with Crippen LogP contribution in [0, 0.1) is 5.92 Å². The molecule has 14 heavy (non-hydrogen) atoms. The van der Waals surface area contributed by atoms with Crippen LogP contribution in [0.25, 0.3) is 0 Å². The maximum Gasteiger partial charge on any atom is 0.107 e. The van der Waals surface area contributed by atoms with Crippen LogP contribution in [0.15, 0.2) is 0 Å². The number of aliphatic hydroxyl groups is 1. The highest BCUT2D eigenvalue weighted by molar-refractivity contribution is 4.71. The lowest BCUT2D eigenvalue weighted by Crippen LogP contribution is -2.37. The number of unbranched alkanes of at least 4 members (excludes halogenated alkanes) is 2. The maximum atomic E-state index is 9.86. The second-order valence-corrected chi connectivity index (χ2v) is 4.50. The van der Waals surface area contributed by atoms with E-state index < -0.39 is 0 Å². The minimum Gasteiger partial charge on any atom is -0.378 e. The van der Waals surface area contributed by atoms with Crippen molar-refractivity contribution in [1.29, 1.82) is 0 Å². The van der Waals surface area contributed by atoms with E-state index in [0.29, 0.717) is 5.92 Å². The molecule has 2 nitrogen and oxygen atoms in total. The fourth-order valence-corrected chi connectivity index (χ4v) is 2.24. The molecular formula is C12H25NO. The summed E-state index contributed by atoms with van der Waals surface area (Å²) in [4.78, 5) is 0. The molecule has 0 saturated heterocycles. The van der Waals surface area contributed by atoms with Gasteiger partial charge in [0, 0.05) is 0 Å². The monoisotopic (exact) mass is 199 g/mol. The number of hydrogen-bond acceptors (Lipinski definition) is 2. The first kappa shape index (κ1) is 12.0. The molecule has 0 aromatic carbocycles. The number of rotatable bonds is 6. The van der Waals surface area contributed by atoms with E-state index in [2.05, 4.69) is 12.2 Å². The van der Waals surface area contributed by atoms with Gasteiger partial charge in [0.25, 0.3) is 0 Å². The lowest BCUT2D eigenvalue weighted by atomic mass is 9.88. The highest BCUT2D eigenvalue weighted by Crippen LogP contribution is 2.25. The van der Waals surface area contributed by atoms with Crippen LogP contribution in [0.4, 0.5) is 0 Å². The Labute approximate surface area is 88.1 Å².